The standard InChI is InChI=1S/C17H14F4N2OS/c1-2-25-15(10-3-6-12(7-4-10)24-17(19,20)21)16-22-13-8-5-11(18)9-14(13)23-16/h3-9,15H,2H2,1H3,(H,22,23). The quantitative estimate of drug-likeness (QED) is 0.608. The van der Waals surface area contributed by atoms with E-state index in [-0.39, 0.29) is 16.8 Å². The molecular weight excluding hydrogens is 356 g/mol. The predicted molar refractivity (Wildman–Crippen MR) is 89.2 cm³/mol. The summed E-state index contributed by atoms with van der Waals surface area (Å²) in [5.41, 5.74) is 1.99. The number of nitrogens with one attached hydrogen (secondary N) is 1. The van der Waals surface area contributed by atoms with Gasteiger partial charge in [0.15, 0.2) is 0 Å². The van der Waals surface area contributed by atoms with E-state index in [9.17, 15) is 17.6 Å². The number of alkyl halides is 3. The Balaban J connectivity index is 1.91. The number of aromatic amines is 1. The predicted octanol–water partition coefficient (Wildman–Crippen LogP) is 5.44. The average molecular weight is 370 g/mol. The van der Waals surface area contributed by atoms with E-state index in [1.165, 1.54) is 24.3 Å². The van der Waals surface area contributed by atoms with Crippen LogP contribution in [0.2, 0.25) is 0 Å². The maximum Gasteiger partial charge on any atom is 0.573 e. The van der Waals surface area contributed by atoms with Crippen LogP contribution >= 0.6 is 11.8 Å². The molecule has 2 aromatic carbocycles. The molecule has 1 heterocycles. The van der Waals surface area contributed by atoms with E-state index in [4.69, 9.17) is 0 Å². The number of nitrogens with zero attached hydrogens (tertiary/aromatic N) is 1. The molecule has 0 amide bonds. The maximum absolute atomic E-state index is 13.3. The summed E-state index contributed by atoms with van der Waals surface area (Å²) in [6, 6.07) is 9.97. The molecule has 0 saturated heterocycles. The first-order valence-electron chi connectivity index (χ1n) is 7.48. The fourth-order valence-corrected chi connectivity index (χ4v) is 3.42. The van der Waals surface area contributed by atoms with Gasteiger partial charge in [-0.05, 0) is 35.6 Å². The van der Waals surface area contributed by atoms with Crippen LogP contribution < -0.4 is 4.74 Å². The van der Waals surface area contributed by atoms with Crippen molar-refractivity contribution in [3.05, 3.63) is 59.7 Å². The molecule has 0 fully saturated rings. The number of aromatic nitrogens is 2. The van der Waals surface area contributed by atoms with Crippen molar-refractivity contribution in [2.75, 3.05) is 5.75 Å². The van der Waals surface area contributed by atoms with Gasteiger partial charge in [-0.3, -0.25) is 0 Å². The van der Waals surface area contributed by atoms with Crippen molar-refractivity contribution >= 4 is 22.8 Å². The normalized spacial score (nSPS) is 13.2. The second-order valence-corrected chi connectivity index (χ2v) is 6.62. The highest BCUT2D eigenvalue weighted by molar-refractivity contribution is 7.99. The van der Waals surface area contributed by atoms with Gasteiger partial charge in [0.25, 0.3) is 0 Å². The Morgan fingerprint density at radius 3 is 2.52 bits per heavy atom. The lowest BCUT2D eigenvalue weighted by Gasteiger charge is -2.15. The van der Waals surface area contributed by atoms with E-state index >= 15 is 0 Å². The number of ether oxygens (including phenoxy) is 1. The van der Waals surface area contributed by atoms with Gasteiger partial charge in [0, 0.05) is 6.07 Å². The summed E-state index contributed by atoms with van der Waals surface area (Å²) in [5.74, 6) is 0.746. The summed E-state index contributed by atoms with van der Waals surface area (Å²) in [6.45, 7) is 1.97. The zero-order chi connectivity index (χ0) is 18.0. The van der Waals surface area contributed by atoms with Crippen LogP contribution in [0.5, 0.6) is 5.75 Å². The van der Waals surface area contributed by atoms with Gasteiger partial charge >= 0.3 is 6.36 Å². The number of H-pyrrole nitrogens is 1. The summed E-state index contributed by atoms with van der Waals surface area (Å²) in [7, 11) is 0. The fraction of sp³-hybridized carbons (Fsp3) is 0.235. The Bertz CT molecular complexity index is 861. The summed E-state index contributed by atoms with van der Waals surface area (Å²) < 4.78 is 54.0. The van der Waals surface area contributed by atoms with E-state index in [1.54, 1.807) is 30.0 Å². The molecule has 0 radical (unpaired) electrons. The summed E-state index contributed by atoms with van der Waals surface area (Å²) in [4.78, 5) is 7.57. The molecule has 0 aliphatic carbocycles. The monoisotopic (exact) mass is 370 g/mol. The highest BCUT2D eigenvalue weighted by atomic mass is 32.2. The van der Waals surface area contributed by atoms with E-state index in [0.29, 0.717) is 16.9 Å². The SMILES string of the molecule is CCSC(c1ccc(OC(F)(F)F)cc1)c1nc2cc(F)ccc2[nH]1. The number of hydrogen-bond acceptors (Lipinski definition) is 3. The second-order valence-electron chi connectivity index (χ2n) is 5.24. The van der Waals surface area contributed by atoms with Crippen LogP contribution in [0.4, 0.5) is 17.6 Å². The number of halogens is 4. The van der Waals surface area contributed by atoms with Crippen molar-refractivity contribution in [3.8, 4) is 5.75 Å². The van der Waals surface area contributed by atoms with Crippen molar-refractivity contribution in [1.82, 2.24) is 9.97 Å². The number of thioether (sulfide) groups is 1. The van der Waals surface area contributed by atoms with Crippen LogP contribution in [-0.4, -0.2) is 22.1 Å². The molecule has 1 N–H and O–H groups in total. The Morgan fingerprint density at radius 1 is 1.16 bits per heavy atom. The molecule has 0 saturated carbocycles. The average Bonchev–Trinajstić information content (AvgIpc) is 2.94. The van der Waals surface area contributed by atoms with Crippen LogP contribution in [0.3, 0.4) is 0 Å². The number of hydrogen-bond donors (Lipinski definition) is 1. The lowest BCUT2D eigenvalue weighted by Crippen LogP contribution is -2.17. The first-order valence-corrected chi connectivity index (χ1v) is 8.53. The smallest absolute Gasteiger partial charge is 0.406 e. The first kappa shape index (κ1) is 17.6. The van der Waals surface area contributed by atoms with Crippen LogP contribution in [0, 0.1) is 5.82 Å². The van der Waals surface area contributed by atoms with E-state index < -0.39 is 6.36 Å². The minimum Gasteiger partial charge on any atom is -0.406 e. The van der Waals surface area contributed by atoms with Gasteiger partial charge in [-0.1, -0.05) is 19.1 Å². The molecule has 1 atom stereocenters. The Labute approximate surface area is 145 Å². The fourth-order valence-electron chi connectivity index (χ4n) is 2.47. The molecule has 1 aromatic heterocycles. The lowest BCUT2D eigenvalue weighted by atomic mass is 10.1. The number of imidazole rings is 1. The van der Waals surface area contributed by atoms with E-state index in [1.807, 2.05) is 6.92 Å². The third kappa shape index (κ3) is 4.25. The molecule has 3 aromatic rings. The van der Waals surface area contributed by atoms with Gasteiger partial charge in [0.1, 0.15) is 17.4 Å². The largest absolute Gasteiger partial charge is 0.573 e. The Morgan fingerprint density at radius 2 is 1.88 bits per heavy atom. The van der Waals surface area contributed by atoms with Crippen LogP contribution in [-0.2, 0) is 0 Å². The maximum atomic E-state index is 13.3. The molecule has 0 aliphatic heterocycles. The number of benzene rings is 2. The molecule has 0 bridgehead atoms. The molecule has 0 spiro atoms. The van der Waals surface area contributed by atoms with Gasteiger partial charge < -0.3 is 9.72 Å². The van der Waals surface area contributed by atoms with Crippen molar-refractivity contribution < 1.29 is 22.3 Å². The van der Waals surface area contributed by atoms with Crippen molar-refractivity contribution in [3.63, 3.8) is 0 Å². The molecule has 8 heteroatoms. The van der Waals surface area contributed by atoms with E-state index in [0.717, 1.165) is 11.3 Å². The molecule has 3 rings (SSSR count). The van der Waals surface area contributed by atoms with Crippen LogP contribution in [0.15, 0.2) is 42.5 Å². The zero-order valence-electron chi connectivity index (χ0n) is 13.1. The minimum absolute atomic E-state index is 0.208. The van der Waals surface area contributed by atoms with Gasteiger partial charge in [-0.25, -0.2) is 9.37 Å². The van der Waals surface area contributed by atoms with Crippen molar-refractivity contribution in [2.45, 2.75) is 18.5 Å². The Hall–Kier alpha value is -2.22. The van der Waals surface area contributed by atoms with Gasteiger partial charge in [-0.15, -0.1) is 24.9 Å². The third-order valence-corrected chi connectivity index (χ3v) is 4.62. The Kier molecular flexibility index (Phi) is 4.89. The molecule has 132 valence electrons. The van der Waals surface area contributed by atoms with Crippen LogP contribution in [0.25, 0.3) is 11.0 Å². The molecule has 25 heavy (non-hydrogen) atoms. The van der Waals surface area contributed by atoms with Gasteiger partial charge in [0.2, 0.25) is 0 Å². The lowest BCUT2D eigenvalue weighted by molar-refractivity contribution is -0.274. The summed E-state index contributed by atoms with van der Waals surface area (Å²) in [5, 5.41) is -0.208. The highest BCUT2D eigenvalue weighted by Gasteiger charge is 2.31. The van der Waals surface area contributed by atoms with Crippen molar-refractivity contribution in [2.24, 2.45) is 0 Å². The molecule has 1 unspecified atom stereocenters. The summed E-state index contributed by atoms with van der Waals surface area (Å²) >= 11 is 1.57. The summed E-state index contributed by atoms with van der Waals surface area (Å²) in [6.07, 6.45) is -4.72. The van der Waals surface area contributed by atoms with Crippen molar-refractivity contribution in [1.29, 1.82) is 0 Å². The number of rotatable bonds is 5. The molecule has 3 nitrogen and oxygen atoms in total. The zero-order valence-corrected chi connectivity index (χ0v) is 13.9. The first-order chi connectivity index (χ1) is 11.9. The second kappa shape index (κ2) is 6.95. The number of fused-ring (bicyclic) bond motifs is 1. The van der Waals surface area contributed by atoms with Crippen LogP contribution in [0.1, 0.15) is 23.6 Å². The minimum atomic E-state index is -4.72. The highest BCUT2D eigenvalue weighted by Crippen LogP contribution is 2.36. The van der Waals surface area contributed by atoms with Gasteiger partial charge in [-0.2, -0.15) is 0 Å². The van der Waals surface area contributed by atoms with E-state index in [2.05, 4.69) is 14.7 Å². The van der Waals surface area contributed by atoms with Gasteiger partial charge in [0.05, 0.1) is 16.3 Å². The topological polar surface area (TPSA) is 37.9 Å². The molecule has 0 aliphatic rings. The molecular formula is C17H14F4N2OS. The third-order valence-electron chi connectivity index (χ3n) is 3.46.